The second kappa shape index (κ2) is 3.89. The van der Waals surface area contributed by atoms with E-state index in [9.17, 15) is 9.18 Å². The Bertz CT molecular complexity index is 566. The first kappa shape index (κ1) is 10.5. The van der Waals surface area contributed by atoms with Crippen molar-refractivity contribution >= 4 is 16.7 Å². The van der Waals surface area contributed by atoms with E-state index in [1.807, 2.05) is 0 Å². The monoisotopic (exact) mass is 219 g/mol. The average molecular weight is 219 g/mol. The Balaban J connectivity index is 2.79. The Morgan fingerprint density at radius 1 is 1.44 bits per heavy atom. The summed E-state index contributed by atoms with van der Waals surface area (Å²) >= 11 is 0. The number of fused-ring (bicyclic) bond motifs is 1. The number of ether oxygens (including phenoxy) is 1. The number of esters is 1. The predicted molar refractivity (Wildman–Crippen MR) is 57.8 cm³/mol. The summed E-state index contributed by atoms with van der Waals surface area (Å²) in [5, 5.41) is 1.24. The Kier molecular flexibility index (Phi) is 2.56. The summed E-state index contributed by atoms with van der Waals surface area (Å²) < 4.78 is 17.7. The predicted octanol–water partition coefficient (Wildman–Crippen LogP) is 2.47. The Morgan fingerprint density at radius 3 is 2.88 bits per heavy atom. The number of aryl methyl sites for hydroxylation is 1. The van der Waals surface area contributed by atoms with E-state index < -0.39 is 5.97 Å². The molecule has 3 nitrogen and oxygen atoms in total. The number of carbonyl (C=O) groups excluding carboxylic acids is 1. The van der Waals surface area contributed by atoms with E-state index in [2.05, 4.69) is 9.72 Å². The molecule has 0 amide bonds. The van der Waals surface area contributed by atoms with Crippen LogP contribution in [0.1, 0.15) is 16.1 Å². The second-order valence-corrected chi connectivity index (χ2v) is 3.44. The Labute approximate surface area is 91.9 Å². The van der Waals surface area contributed by atoms with Crippen LogP contribution in [0.4, 0.5) is 4.39 Å². The highest BCUT2D eigenvalue weighted by Crippen LogP contribution is 2.21. The van der Waals surface area contributed by atoms with Crippen LogP contribution in [0.25, 0.3) is 10.8 Å². The number of rotatable bonds is 1. The molecule has 2 aromatic rings. The van der Waals surface area contributed by atoms with Gasteiger partial charge in [-0.05, 0) is 24.4 Å². The van der Waals surface area contributed by atoms with Crippen LogP contribution >= 0.6 is 0 Å². The van der Waals surface area contributed by atoms with E-state index in [1.54, 1.807) is 19.2 Å². The van der Waals surface area contributed by atoms with Gasteiger partial charge in [-0.1, -0.05) is 6.07 Å². The molecule has 0 radical (unpaired) electrons. The number of carbonyl (C=O) groups is 1. The van der Waals surface area contributed by atoms with Gasteiger partial charge in [-0.25, -0.2) is 9.18 Å². The molecule has 1 aromatic heterocycles. The minimum atomic E-state index is -0.456. The lowest BCUT2D eigenvalue weighted by molar-refractivity contribution is 0.0601. The Morgan fingerprint density at radius 2 is 2.19 bits per heavy atom. The van der Waals surface area contributed by atoms with Gasteiger partial charge in [0.05, 0.1) is 18.4 Å². The number of benzene rings is 1. The molecule has 0 unspecified atom stereocenters. The molecule has 0 bridgehead atoms. The molecule has 0 fully saturated rings. The molecule has 0 spiro atoms. The van der Waals surface area contributed by atoms with Crippen molar-refractivity contribution in [2.24, 2.45) is 0 Å². The maximum Gasteiger partial charge on any atom is 0.340 e. The third-order valence-corrected chi connectivity index (χ3v) is 2.43. The summed E-state index contributed by atoms with van der Waals surface area (Å²) in [5.41, 5.74) is 0.964. The first-order chi connectivity index (χ1) is 7.63. The standard InChI is InChI=1S/C12H10FNO2/c1-7-11(12(15)16-2)10-4-3-9(13)5-8(10)6-14-7/h3-6H,1-2H3. The smallest absolute Gasteiger partial charge is 0.340 e. The molecule has 0 saturated heterocycles. The highest BCUT2D eigenvalue weighted by atomic mass is 19.1. The highest BCUT2D eigenvalue weighted by Gasteiger charge is 2.14. The van der Waals surface area contributed by atoms with Gasteiger partial charge >= 0.3 is 5.97 Å². The second-order valence-electron chi connectivity index (χ2n) is 3.44. The van der Waals surface area contributed by atoms with Gasteiger partial charge in [-0.15, -0.1) is 0 Å². The van der Waals surface area contributed by atoms with Crippen molar-refractivity contribution in [2.75, 3.05) is 7.11 Å². The maximum absolute atomic E-state index is 13.0. The number of halogens is 1. The van der Waals surface area contributed by atoms with Gasteiger partial charge in [0, 0.05) is 11.6 Å². The summed E-state index contributed by atoms with van der Waals surface area (Å²) in [6.07, 6.45) is 1.54. The third-order valence-electron chi connectivity index (χ3n) is 2.43. The Hall–Kier alpha value is -1.97. The molecule has 82 valence electrons. The van der Waals surface area contributed by atoms with E-state index in [1.165, 1.54) is 19.2 Å². The summed E-state index contributed by atoms with van der Waals surface area (Å²) in [6, 6.07) is 4.22. The van der Waals surface area contributed by atoms with Gasteiger partial charge in [0.25, 0.3) is 0 Å². The third kappa shape index (κ3) is 1.62. The first-order valence-electron chi connectivity index (χ1n) is 4.76. The summed E-state index contributed by atoms with van der Waals surface area (Å²) in [7, 11) is 1.31. The molecule has 1 aromatic carbocycles. The molecule has 4 heteroatoms. The molecule has 16 heavy (non-hydrogen) atoms. The largest absolute Gasteiger partial charge is 0.465 e. The molecule has 0 N–H and O–H groups in total. The van der Waals surface area contributed by atoms with Crippen LogP contribution in [0, 0.1) is 12.7 Å². The summed E-state index contributed by atoms with van der Waals surface area (Å²) in [5.74, 6) is -0.809. The molecule has 0 aliphatic heterocycles. The van der Waals surface area contributed by atoms with Crippen LogP contribution in [0.2, 0.25) is 0 Å². The molecule has 2 rings (SSSR count). The normalized spacial score (nSPS) is 10.4. The highest BCUT2D eigenvalue weighted by molar-refractivity contribution is 6.05. The zero-order valence-electron chi connectivity index (χ0n) is 8.95. The van der Waals surface area contributed by atoms with Crippen molar-refractivity contribution in [3.63, 3.8) is 0 Å². The minimum Gasteiger partial charge on any atom is -0.465 e. The van der Waals surface area contributed by atoms with Crippen LogP contribution in [0.5, 0.6) is 0 Å². The zero-order chi connectivity index (χ0) is 11.7. The number of hydrogen-bond acceptors (Lipinski definition) is 3. The molecule has 0 atom stereocenters. The number of nitrogens with zero attached hydrogens (tertiary/aromatic N) is 1. The maximum atomic E-state index is 13.0. The summed E-state index contributed by atoms with van der Waals surface area (Å²) in [6.45, 7) is 1.72. The number of hydrogen-bond donors (Lipinski definition) is 0. The van der Waals surface area contributed by atoms with Gasteiger partial charge in [-0.2, -0.15) is 0 Å². The van der Waals surface area contributed by atoms with Crippen molar-refractivity contribution in [3.05, 3.63) is 41.5 Å². The minimum absolute atomic E-state index is 0.353. The summed E-state index contributed by atoms with van der Waals surface area (Å²) in [4.78, 5) is 15.6. The van der Waals surface area contributed by atoms with Crippen LogP contribution in [-0.4, -0.2) is 18.1 Å². The van der Waals surface area contributed by atoms with Crippen molar-refractivity contribution < 1.29 is 13.9 Å². The molecular formula is C12H10FNO2. The molecular weight excluding hydrogens is 209 g/mol. The molecule has 1 heterocycles. The molecule has 0 saturated carbocycles. The average Bonchev–Trinajstić information content (AvgIpc) is 2.28. The fourth-order valence-corrected chi connectivity index (χ4v) is 1.65. The van der Waals surface area contributed by atoms with Crippen molar-refractivity contribution in [1.29, 1.82) is 0 Å². The fraction of sp³-hybridized carbons (Fsp3) is 0.167. The van der Waals surface area contributed by atoms with E-state index in [0.29, 0.717) is 22.0 Å². The number of methoxy groups -OCH3 is 1. The molecule has 0 aliphatic carbocycles. The lowest BCUT2D eigenvalue weighted by Crippen LogP contribution is -2.06. The van der Waals surface area contributed by atoms with E-state index >= 15 is 0 Å². The van der Waals surface area contributed by atoms with Crippen LogP contribution < -0.4 is 0 Å². The van der Waals surface area contributed by atoms with Gasteiger partial charge in [0.1, 0.15) is 5.82 Å². The van der Waals surface area contributed by atoms with Crippen LogP contribution in [0.3, 0.4) is 0 Å². The van der Waals surface area contributed by atoms with E-state index in [4.69, 9.17) is 0 Å². The van der Waals surface area contributed by atoms with Gasteiger partial charge in [0.15, 0.2) is 0 Å². The topological polar surface area (TPSA) is 39.2 Å². The molecule has 0 aliphatic rings. The lowest BCUT2D eigenvalue weighted by Gasteiger charge is -2.07. The van der Waals surface area contributed by atoms with Crippen molar-refractivity contribution in [3.8, 4) is 0 Å². The van der Waals surface area contributed by atoms with Gasteiger partial charge in [0.2, 0.25) is 0 Å². The SMILES string of the molecule is COC(=O)c1c(C)ncc2cc(F)ccc12. The van der Waals surface area contributed by atoms with Crippen LogP contribution in [0.15, 0.2) is 24.4 Å². The fourth-order valence-electron chi connectivity index (χ4n) is 1.65. The van der Waals surface area contributed by atoms with Gasteiger partial charge in [-0.3, -0.25) is 4.98 Å². The quantitative estimate of drug-likeness (QED) is 0.691. The zero-order valence-corrected chi connectivity index (χ0v) is 8.95. The number of pyridine rings is 1. The van der Waals surface area contributed by atoms with Crippen molar-refractivity contribution in [1.82, 2.24) is 4.98 Å². The first-order valence-corrected chi connectivity index (χ1v) is 4.76. The van der Waals surface area contributed by atoms with E-state index in [-0.39, 0.29) is 5.82 Å². The lowest BCUT2D eigenvalue weighted by atomic mass is 10.0. The number of aromatic nitrogens is 1. The van der Waals surface area contributed by atoms with Crippen LogP contribution in [-0.2, 0) is 4.74 Å². The van der Waals surface area contributed by atoms with E-state index in [0.717, 1.165) is 0 Å². The van der Waals surface area contributed by atoms with Gasteiger partial charge < -0.3 is 4.74 Å². The van der Waals surface area contributed by atoms with Crippen molar-refractivity contribution in [2.45, 2.75) is 6.92 Å².